The Morgan fingerprint density at radius 2 is 2.12 bits per heavy atom. The molecule has 0 saturated carbocycles. The predicted molar refractivity (Wildman–Crippen MR) is 108 cm³/mol. The van der Waals surface area contributed by atoms with E-state index in [4.69, 9.17) is 0 Å². The maximum Gasteiger partial charge on any atom is 0.191 e. The number of hydrogen-bond donors (Lipinski definition) is 2. The summed E-state index contributed by atoms with van der Waals surface area (Å²) in [7, 11) is 2.21. The third-order valence-corrected chi connectivity index (χ3v) is 5.26. The van der Waals surface area contributed by atoms with Crippen molar-refractivity contribution in [3.63, 3.8) is 0 Å². The molecule has 1 saturated heterocycles. The van der Waals surface area contributed by atoms with Crippen molar-refractivity contribution in [2.75, 3.05) is 52.9 Å². The maximum absolute atomic E-state index is 4.69. The van der Waals surface area contributed by atoms with Crippen molar-refractivity contribution in [1.82, 2.24) is 25.4 Å². The van der Waals surface area contributed by atoms with Gasteiger partial charge in [0.1, 0.15) is 5.01 Å². The summed E-state index contributed by atoms with van der Waals surface area (Å²) in [4.78, 5) is 14.3. The Kier molecular flexibility index (Phi) is 8.64. The average molecular weight is 367 g/mol. The van der Waals surface area contributed by atoms with E-state index in [1.54, 1.807) is 11.3 Å². The van der Waals surface area contributed by atoms with Gasteiger partial charge in [-0.1, -0.05) is 13.8 Å². The van der Waals surface area contributed by atoms with Crippen molar-refractivity contribution in [2.45, 2.75) is 39.7 Å². The second kappa shape index (κ2) is 10.7. The van der Waals surface area contributed by atoms with E-state index >= 15 is 0 Å². The van der Waals surface area contributed by atoms with E-state index in [0.29, 0.717) is 12.5 Å². The van der Waals surface area contributed by atoms with Crippen LogP contribution in [0.15, 0.2) is 10.4 Å². The van der Waals surface area contributed by atoms with Crippen LogP contribution in [0.5, 0.6) is 0 Å². The molecule has 0 atom stereocenters. The molecule has 2 heterocycles. The maximum atomic E-state index is 4.69. The van der Waals surface area contributed by atoms with Crippen LogP contribution in [0.1, 0.15) is 43.8 Å². The Morgan fingerprint density at radius 1 is 1.28 bits per heavy atom. The van der Waals surface area contributed by atoms with E-state index in [1.165, 1.54) is 25.2 Å². The first-order valence-electron chi connectivity index (χ1n) is 9.46. The Morgan fingerprint density at radius 3 is 2.84 bits per heavy atom. The van der Waals surface area contributed by atoms with E-state index in [1.807, 2.05) is 0 Å². The highest BCUT2D eigenvalue weighted by molar-refractivity contribution is 7.09. The number of likely N-dealkylation sites (N-methyl/N-ethyl adjacent to an activating group) is 1. The van der Waals surface area contributed by atoms with Crippen LogP contribution in [0.25, 0.3) is 0 Å². The highest BCUT2D eigenvalue weighted by atomic mass is 32.1. The topological polar surface area (TPSA) is 55.8 Å². The van der Waals surface area contributed by atoms with Gasteiger partial charge in [0.2, 0.25) is 0 Å². The fourth-order valence-electron chi connectivity index (χ4n) is 2.81. The van der Waals surface area contributed by atoms with Crippen LogP contribution < -0.4 is 10.6 Å². The first kappa shape index (κ1) is 20.1. The standard InChI is InChI=1S/C18H34N6S/c1-5-19-18(21-13-17-22-16(14-25-17)15(2)3)20-7-10-24-9-6-8-23(4)11-12-24/h14-15H,5-13H2,1-4H3,(H2,19,20,21). The van der Waals surface area contributed by atoms with E-state index in [9.17, 15) is 0 Å². The molecule has 0 aliphatic carbocycles. The van der Waals surface area contributed by atoms with Crippen LogP contribution in [0, 0.1) is 0 Å². The number of hydrogen-bond acceptors (Lipinski definition) is 5. The van der Waals surface area contributed by atoms with Gasteiger partial charge in [-0.15, -0.1) is 11.3 Å². The second-order valence-corrected chi connectivity index (χ2v) is 7.88. The summed E-state index contributed by atoms with van der Waals surface area (Å²) in [6.45, 7) is 14.7. The van der Waals surface area contributed by atoms with Gasteiger partial charge in [0, 0.05) is 38.1 Å². The van der Waals surface area contributed by atoms with Crippen LogP contribution in [0.3, 0.4) is 0 Å². The summed E-state index contributed by atoms with van der Waals surface area (Å²) in [5.74, 6) is 1.36. The molecule has 142 valence electrons. The molecular weight excluding hydrogens is 332 g/mol. The largest absolute Gasteiger partial charge is 0.357 e. The molecule has 1 aromatic heterocycles. The summed E-state index contributed by atoms with van der Waals surface area (Å²) >= 11 is 1.70. The average Bonchev–Trinajstić information content (AvgIpc) is 2.97. The van der Waals surface area contributed by atoms with E-state index in [-0.39, 0.29) is 0 Å². The van der Waals surface area contributed by atoms with Crippen molar-refractivity contribution in [3.05, 3.63) is 16.1 Å². The summed E-state index contributed by atoms with van der Waals surface area (Å²) in [5.41, 5.74) is 1.17. The summed E-state index contributed by atoms with van der Waals surface area (Å²) in [6, 6.07) is 0. The minimum absolute atomic E-state index is 0.480. The lowest BCUT2D eigenvalue weighted by atomic mass is 10.2. The molecule has 6 nitrogen and oxygen atoms in total. The van der Waals surface area contributed by atoms with E-state index in [0.717, 1.165) is 43.7 Å². The molecule has 0 amide bonds. The molecule has 0 radical (unpaired) electrons. The molecular formula is C18H34N6S. The molecule has 1 aromatic rings. The van der Waals surface area contributed by atoms with Crippen LogP contribution in [0.4, 0.5) is 0 Å². The van der Waals surface area contributed by atoms with Crippen molar-refractivity contribution in [1.29, 1.82) is 0 Å². The summed E-state index contributed by atoms with van der Waals surface area (Å²) in [6.07, 6.45) is 1.26. The second-order valence-electron chi connectivity index (χ2n) is 6.94. The number of guanidine groups is 1. The Hall–Kier alpha value is -1.18. The molecule has 25 heavy (non-hydrogen) atoms. The minimum Gasteiger partial charge on any atom is -0.357 e. The third-order valence-electron chi connectivity index (χ3n) is 4.41. The first-order chi connectivity index (χ1) is 12.1. The highest BCUT2D eigenvalue weighted by Crippen LogP contribution is 2.18. The first-order valence-corrected chi connectivity index (χ1v) is 10.3. The lowest BCUT2D eigenvalue weighted by Crippen LogP contribution is -2.42. The zero-order valence-electron chi connectivity index (χ0n) is 16.2. The van der Waals surface area contributed by atoms with Gasteiger partial charge in [-0.05, 0) is 39.4 Å². The molecule has 2 N–H and O–H groups in total. The molecule has 1 aliphatic heterocycles. The van der Waals surface area contributed by atoms with Crippen molar-refractivity contribution in [3.8, 4) is 0 Å². The van der Waals surface area contributed by atoms with E-state index in [2.05, 4.69) is 63.6 Å². The lowest BCUT2D eigenvalue weighted by Gasteiger charge is -2.21. The van der Waals surface area contributed by atoms with Crippen LogP contribution >= 0.6 is 11.3 Å². The molecule has 0 bridgehead atoms. The molecule has 2 rings (SSSR count). The molecule has 0 unspecified atom stereocenters. The number of aromatic nitrogens is 1. The smallest absolute Gasteiger partial charge is 0.191 e. The van der Waals surface area contributed by atoms with Gasteiger partial charge in [0.05, 0.1) is 12.2 Å². The van der Waals surface area contributed by atoms with E-state index < -0.39 is 0 Å². The summed E-state index contributed by atoms with van der Waals surface area (Å²) < 4.78 is 0. The quantitative estimate of drug-likeness (QED) is 0.571. The number of aliphatic imine (C=N–C) groups is 1. The number of thiazole rings is 1. The predicted octanol–water partition coefficient (Wildman–Crippen LogP) is 1.96. The van der Waals surface area contributed by atoms with Crippen molar-refractivity contribution >= 4 is 17.3 Å². The fraction of sp³-hybridized carbons (Fsp3) is 0.778. The van der Waals surface area contributed by atoms with Crippen LogP contribution in [0.2, 0.25) is 0 Å². The zero-order chi connectivity index (χ0) is 18.1. The zero-order valence-corrected chi connectivity index (χ0v) is 17.0. The van der Waals surface area contributed by atoms with Crippen molar-refractivity contribution < 1.29 is 0 Å². The minimum atomic E-state index is 0.480. The van der Waals surface area contributed by atoms with Gasteiger partial charge < -0.3 is 20.4 Å². The molecule has 7 heteroatoms. The SMILES string of the molecule is CCNC(=NCc1nc(C(C)C)cs1)NCCN1CCCN(C)CC1. The van der Waals surface area contributed by atoms with Gasteiger partial charge in [-0.2, -0.15) is 0 Å². The Bertz CT molecular complexity index is 527. The number of nitrogens with zero attached hydrogens (tertiary/aromatic N) is 4. The highest BCUT2D eigenvalue weighted by Gasteiger charge is 2.11. The lowest BCUT2D eigenvalue weighted by molar-refractivity contribution is 0.280. The third kappa shape index (κ3) is 7.30. The monoisotopic (exact) mass is 366 g/mol. The van der Waals surface area contributed by atoms with Gasteiger partial charge >= 0.3 is 0 Å². The Balaban J connectivity index is 1.78. The molecule has 1 aliphatic rings. The van der Waals surface area contributed by atoms with Gasteiger partial charge in [-0.3, -0.25) is 0 Å². The van der Waals surface area contributed by atoms with Gasteiger partial charge in [-0.25, -0.2) is 9.98 Å². The van der Waals surface area contributed by atoms with Crippen LogP contribution in [-0.2, 0) is 6.54 Å². The fourth-order valence-corrected chi connectivity index (χ4v) is 3.69. The van der Waals surface area contributed by atoms with Gasteiger partial charge in [0.25, 0.3) is 0 Å². The summed E-state index contributed by atoms with van der Waals surface area (Å²) in [5, 5.41) is 10.0. The molecule has 0 spiro atoms. The molecule has 1 fully saturated rings. The van der Waals surface area contributed by atoms with Gasteiger partial charge in [0.15, 0.2) is 5.96 Å². The number of rotatable bonds is 7. The van der Waals surface area contributed by atoms with Crippen LogP contribution in [-0.4, -0.2) is 73.6 Å². The number of nitrogens with one attached hydrogen (secondary N) is 2. The normalized spacial score (nSPS) is 17.7. The molecule has 0 aromatic carbocycles. The Labute approximate surface area is 156 Å². The van der Waals surface area contributed by atoms with Crippen molar-refractivity contribution in [2.24, 2.45) is 4.99 Å².